The van der Waals surface area contributed by atoms with Gasteiger partial charge < -0.3 is 4.43 Å². The summed E-state index contributed by atoms with van der Waals surface area (Å²) in [6, 6.07) is 0. The van der Waals surface area contributed by atoms with Crippen LogP contribution in [-0.4, -0.2) is 8.32 Å². The molecule has 0 saturated heterocycles. The van der Waals surface area contributed by atoms with Crippen molar-refractivity contribution in [3.8, 4) is 0 Å². The molecule has 0 spiro atoms. The maximum atomic E-state index is 5.90. The van der Waals surface area contributed by atoms with Crippen LogP contribution < -0.4 is 0 Å². The minimum atomic E-state index is -1.50. The van der Waals surface area contributed by atoms with Gasteiger partial charge in [-0.1, -0.05) is 24.8 Å². The Hall–Kier alpha value is -0.763. The van der Waals surface area contributed by atoms with Crippen LogP contribution in [-0.2, 0) is 4.43 Å². The molecule has 15 heavy (non-hydrogen) atoms. The highest BCUT2D eigenvalue weighted by Crippen LogP contribution is 2.34. The van der Waals surface area contributed by atoms with Crippen LogP contribution in [0.5, 0.6) is 0 Å². The molecule has 0 fully saturated rings. The molecule has 0 aliphatic heterocycles. The molecule has 1 atom stereocenters. The highest BCUT2D eigenvalue weighted by atomic mass is 28.4. The maximum absolute atomic E-state index is 5.90. The van der Waals surface area contributed by atoms with E-state index in [1.54, 1.807) is 0 Å². The Labute approximate surface area is 94.7 Å². The standard InChI is InChI=1S/C13H22OSi/c1-10(2)12-7-8-13(9-12)11(3)14-15(4,5)6/h8,12H,1,3,7,9H2,2,4-6H3. The van der Waals surface area contributed by atoms with Gasteiger partial charge in [-0.2, -0.15) is 0 Å². The lowest BCUT2D eigenvalue weighted by molar-refractivity contribution is 0.430. The fourth-order valence-corrected chi connectivity index (χ4v) is 2.63. The zero-order valence-corrected chi connectivity index (χ0v) is 11.4. The molecule has 0 radical (unpaired) electrons. The topological polar surface area (TPSA) is 9.23 Å². The molecule has 0 amide bonds. The summed E-state index contributed by atoms with van der Waals surface area (Å²) in [6.07, 6.45) is 4.40. The highest BCUT2D eigenvalue weighted by Gasteiger charge is 2.23. The van der Waals surface area contributed by atoms with E-state index in [4.69, 9.17) is 4.43 Å². The molecular formula is C13H22OSi. The van der Waals surface area contributed by atoms with Crippen molar-refractivity contribution in [2.45, 2.75) is 39.4 Å². The van der Waals surface area contributed by atoms with E-state index >= 15 is 0 Å². The molecule has 2 heteroatoms. The van der Waals surface area contributed by atoms with Crippen LogP contribution in [0.25, 0.3) is 0 Å². The molecule has 0 aromatic heterocycles. The predicted octanol–water partition coefficient (Wildman–Crippen LogP) is 4.26. The average molecular weight is 222 g/mol. The van der Waals surface area contributed by atoms with Gasteiger partial charge in [-0.15, -0.1) is 0 Å². The molecule has 0 bridgehead atoms. The van der Waals surface area contributed by atoms with Gasteiger partial charge in [-0.3, -0.25) is 0 Å². The number of hydrogen-bond acceptors (Lipinski definition) is 1. The summed E-state index contributed by atoms with van der Waals surface area (Å²) >= 11 is 0. The van der Waals surface area contributed by atoms with E-state index in [2.05, 4.69) is 45.8 Å². The van der Waals surface area contributed by atoms with Gasteiger partial charge in [0.2, 0.25) is 8.32 Å². The lowest BCUT2D eigenvalue weighted by atomic mass is 9.98. The minimum Gasteiger partial charge on any atom is -0.545 e. The van der Waals surface area contributed by atoms with E-state index in [9.17, 15) is 0 Å². The molecule has 0 saturated carbocycles. The molecule has 0 aromatic rings. The second-order valence-electron chi connectivity index (χ2n) is 5.35. The van der Waals surface area contributed by atoms with Gasteiger partial charge in [0.15, 0.2) is 0 Å². The normalized spacial score (nSPS) is 21.1. The van der Waals surface area contributed by atoms with E-state index < -0.39 is 8.32 Å². The second-order valence-corrected chi connectivity index (χ2v) is 9.78. The summed E-state index contributed by atoms with van der Waals surface area (Å²) in [7, 11) is -1.50. The van der Waals surface area contributed by atoms with Gasteiger partial charge in [0.05, 0.1) is 5.76 Å². The Kier molecular flexibility index (Phi) is 3.61. The van der Waals surface area contributed by atoms with E-state index in [0.29, 0.717) is 5.92 Å². The van der Waals surface area contributed by atoms with Crippen molar-refractivity contribution in [3.05, 3.63) is 36.1 Å². The van der Waals surface area contributed by atoms with E-state index in [1.807, 2.05) is 0 Å². The molecule has 1 nitrogen and oxygen atoms in total. The first-order chi connectivity index (χ1) is 6.79. The molecule has 1 aliphatic rings. The first kappa shape index (κ1) is 12.3. The van der Waals surface area contributed by atoms with Crippen LogP contribution in [0, 0.1) is 5.92 Å². The van der Waals surface area contributed by atoms with Crippen LogP contribution >= 0.6 is 0 Å². The number of hydrogen-bond donors (Lipinski definition) is 0. The lowest BCUT2D eigenvalue weighted by Gasteiger charge is -2.22. The molecule has 1 rings (SSSR count). The quantitative estimate of drug-likeness (QED) is 0.392. The van der Waals surface area contributed by atoms with Gasteiger partial charge in [0.25, 0.3) is 0 Å². The smallest absolute Gasteiger partial charge is 0.242 e. The van der Waals surface area contributed by atoms with E-state index in [0.717, 1.165) is 18.6 Å². The summed E-state index contributed by atoms with van der Waals surface area (Å²) in [5, 5.41) is 0. The molecule has 0 aromatic carbocycles. The second kappa shape index (κ2) is 4.39. The fourth-order valence-electron chi connectivity index (χ4n) is 1.75. The van der Waals surface area contributed by atoms with Crippen molar-refractivity contribution >= 4 is 8.32 Å². The van der Waals surface area contributed by atoms with Crippen LogP contribution in [0.1, 0.15) is 19.8 Å². The van der Waals surface area contributed by atoms with Crippen molar-refractivity contribution in [3.63, 3.8) is 0 Å². The molecule has 1 aliphatic carbocycles. The fraction of sp³-hybridized carbons (Fsp3) is 0.538. The third kappa shape index (κ3) is 3.71. The van der Waals surface area contributed by atoms with Crippen molar-refractivity contribution in [2.24, 2.45) is 5.92 Å². The lowest BCUT2D eigenvalue weighted by Crippen LogP contribution is -2.25. The Bertz CT molecular complexity index is 307. The predicted molar refractivity (Wildman–Crippen MR) is 69.2 cm³/mol. The van der Waals surface area contributed by atoms with Crippen LogP contribution in [0.3, 0.4) is 0 Å². The first-order valence-electron chi connectivity index (χ1n) is 5.52. The molecule has 1 unspecified atom stereocenters. The summed E-state index contributed by atoms with van der Waals surface area (Å²) < 4.78 is 5.90. The Morgan fingerprint density at radius 3 is 2.40 bits per heavy atom. The zero-order chi connectivity index (χ0) is 11.6. The Morgan fingerprint density at radius 1 is 1.40 bits per heavy atom. The van der Waals surface area contributed by atoms with Gasteiger partial charge in [-0.05, 0) is 50.9 Å². The van der Waals surface area contributed by atoms with E-state index in [-0.39, 0.29) is 0 Å². The van der Waals surface area contributed by atoms with Crippen molar-refractivity contribution in [1.29, 1.82) is 0 Å². The summed E-state index contributed by atoms with van der Waals surface area (Å²) in [5.74, 6) is 1.49. The van der Waals surface area contributed by atoms with Crippen molar-refractivity contribution in [1.82, 2.24) is 0 Å². The summed E-state index contributed by atoms with van der Waals surface area (Å²) in [4.78, 5) is 0. The van der Waals surface area contributed by atoms with Crippen LogP contribution in [0.15, 0.2) is 36.1 Å². The Morgan fingerprint density at radius 2 is 2.00 bits per heavy atom. The molecule has 0 N–H and O–H groups in total. The zero-order valence-electron chi connectivity index (χ0n) is 10.4. The number of rotatable bonds is 4. The minimum absolute atomic E-state index is 0.599. The maximum Gasteiger partial charge on any atom is 0.242 e. The first-order valence-corrected chi connectivity index (χ1v) is 8.93. The summed E-state index contributed by atoms with van der Waals surface area (Å²) in [5.41, 5.74) is 2.55. The third-order valence-corrected chi connectivity index (χ3v) is 3.46. The third-order valence-electron chi connectivity index (χ3n) is 2.60. The van der Waals surface area contributed by atoms with Crippen LogP contribution in [0.2, 0.25) is 19.6 Å². The summed E-state index contributed by atoms with van der Waals surface area (Å²) in [6.45, 7) is 16.7. The molecule has 84 valence electrons. The molecule has 0 heterocycles. The van der Waals surface area contributed by atoms with E-state index in [1.165, 1.54) is 11.1 Å². The molecular weight excluding hydrogens is 200 g/mol. The van der Waals surface area contributed by atoms with Gasteiger partial charge in [0, 0.05) is 0 Å². The number of allylic oxidation sites excluding steroid dienone is 3. The average Bonchev–Trinajstić information content (AvgIpc) is 2.47. The van der Waals surface area contributed by atoms with Gasteiger partial charge in [0.1, 0.15) is 0 Å². The monoisotopic (exact) mass is 222 g/mol. The SMILES string of the molecule is C=C(O[Si](C)(C)C)C1=CCC(C(=C)C)C1. The van der Waals surface area contributed by atoms with Crippen LogP contribution in [0.4, 0.5) is 0 Å². The van der Waals surface area contributed by atoms with Gasteiger partial charge >= 0.3 is 0 Å². The largest absolute Gasteiger partial charge is 0.545 e. The van der Waals surface area contributed by atoms with Crippen molar-refractivity contribution in [2.75, 3.05) is 0 Å². The van der Waals surface area contributed by atoms with Gasteiger partial charge in [-0.25, -0.2) is 0 Å². The Balaban J connectivity index is 2.54. The highest BCUT2D eigenvalue weighted by molar-refractivity contribution is 6.70. The van der Waals surface area contributed by atoms with Crippen molar-refractivity contribution < 1.29 is 4.43 Å².